The number of nitrogens with zero attached hydrogens (tertiary/aromatic N) is 1. The van der Waals surface area contributed by atoms with Gasteiger partial charge in [0, 0.05) is 12.1 Å². The number of benzene rings is 2. The van der Waals surface area contributed by atoms with Crippen LogP contribution in [-0.4, -0.2) is 33.7 Å². The van der Waals surface area contributed by atoms with Gasteiger partial charge in [-0.25, -0.2) is 8.42 Å². The molecule has 1 N–H and O–H groups in total. The van der Waals surface area contributed by atoms with Crippen LogP contribution in [0.2, 0.25) is 0 Å². The Balaban J connectivity index is 1.86. The number of hydrogen-bond acceptors (Lipinski definition) is 4. The Hall–Kier alpha value is -2.80. The van der Waals surface area contributed by atoms with E-state index in [9.17, 15) is 13.2 Å². The Bertz CT molecular complexity index is 969. The average Bonchev–Trinajstić information content (AvgIpc) is 3.01. The number of carbonyl (C=O) groups excluding carboxylic acids is 1. The van der Waals surface area contributed by atoms with E-state index in [1.54, 1.807) is 31.2 Å². The van der Waals surface area contributed by atoms with Gasteiger partial charge in [0.25, 0.3) is 5.91 Å². The molecular weight excluding hydrogens is 364 g/mol. The fourth-order valence-electron chi connectivity index (χ4n) is 2.96. The van der Waals surface area contributed by atoms with E-state index in [-0.39, 0.29) is 11.7 Å². The molecule has 1 heterocycles. The van der Waals surface area contributed by atoms with Crippen LogP contribution in [0.15, 0.2) is 54.1 Å². The van der Waals surface area contributed by atoms with Gasteiger partial charge in [-0.3, -0.25) is 9.10 Å². The minimum absolute atomic E-state index is 0.139. The fraction of sp³-hybridized carbons (Fsp3) is 0.250. The predicted octanol–water partition coefficient (Wildman–Crippen LogP) is 3.28. The van der Waals surface area contributed by atoms with Gasteiger partial charge in [0.15, 0.2) is 0 Å². The molecule has 1 aliphatic heterocycles. The Morgan fingerprint density at radius 1 is 1.19 bits per heavy atom. The second kappa shape index (κ2) is 7.84. The summed E-state index contributed by atoms with van der Waals surface area (Å²) in [5, 5.41) is 2.82. The average molecular weight is 386 g/mol. The van der Waals surface area contributed by atoms with Gasteiger partial charge in [0.2, 0.25) is 10.0 Å². The first-order valence-electron chi connectivity index (χ1n) is 8.64. The molecular formula is C20H22N2O4S. The van der Waals surface area contributed by atoms with Crippen molar-refractivity contribution in [3.8, 4) is 5.75 Å². The molecule has 2 aromatic carbocycles. The van der Waals surface area contributed by atoms with Crippen molar-refractivity contribution in [2.45, 2.75) is 13.3 Å². The fourth-order valence-corrected chi connectivity index (χ4v) is 4.52. The standard InChI is InChI=1S/C20H22N2O4S/c1-15(13-16-7-4-3-5-8-16)20(23)21-18-14-17(9-10-19(18)26-2)22-11-6-12-27(22,24)25/h3-5,7-10,13-14H,6,11-12H2,1-2H3,(H,21,23)/b15-13+. The maximum Gasteiger partial charge on any atom is 0.251 e. The highest BCUT2D eigenvalue weighted by atomic mass is 32.2. The van der Waals surface area contributed by atoms with E-state index in [1.807, 2.05) is 30.3 Å². The topological polar surface area (TPSA) is 75.7 Å². The van der Waals surface area contributed by atoms with E-state index in [1.165, 1.54) is 11.4 Å². The predicted molar refractivity (Wildman–Crippen MR) is 107 cm³/mol. The lowest BCUT2D eigenvalue weighted by molar-refractivity contribution is -0.112. The van der Waals surface area contributed by atoms with Crippen molar-refractivity contribution in [3.05, 3.63) is 59.7 Å². The highest BCUT2D eigenvalue weighted by molar-refractivity contribution is 7.93. The molecule has 0 aromatic heterocycles. The first-order chi connectivity index (χ1) is 12.9. The third kappa shape index (κ3) is 4.31. The summed E-state index contributed by atoms with van der Waals surface area (Å²) in [6.07, 6.45) is 2.38. The van der Waals surface area contributed by atoms with Crippen LogP contribution < -0.4 is 14.4 Å². The normalized spacial score (nSPS) is 16.2. The van der Waals surface area contributed by atoms with Crippen molar-refractivity contribution >= 4 is 33.4 Å². The zero-order valence-electron chi connectivity index (χ0n) is 15.3. The summed E-state index contributed by atoms with van der Waals surface area (Å²) in [6, 6.07) is 14.5. The van der Waals surface area contributed by atoms with Crippen molar-refractivity contribution in [1.82, 2.24) is 0 Å². The van der Waals surface area contributed by atoms with Crippen LogP contribution in [0.4, 0.5) is 11.4 Å². The first-order valence-corrected chi connectivity index (χ1v) is 10.2. The van der Waals surface area contributed by atoms with Gasteiger partial charge in [-0.2, -0.15) is 0 Å². The molecule has 1 saturated heterocycles. The lowest BCUT2D eigenvalue weighted by Gasteiger charge is -2.19. The lowest BCUT2D eigenvalue weighted by Crippen LogP contribution is -2.25. The molecule has 0 spiro atoms. The summed E-state index contributed by atoms with van der Waals surface area (Å²) < 4.78 is 31.0. The highest BCUT2D eigenvalue weighted by Gasteiger charge is 2.29. The smallest absolute Gasteiger partial charge is 0.251 e. The van der Waals surface area contributed by atoms with E-state index in [0.29, 0.717) is 35.7 Å². The Morgan fingerprint density at radius 2 is 1.93 bits per heavy atom. The number of carbonyl (C=O) groups is 1. The van der Waals surface area contributed by atoms with Gasteiger partial charge < -0.3 is 10.1 Å². The highest BCUT2D eigenvalue weighted by Crippen LogP contribution is 2.33. The van der Waals surface area contributed by atoms with Crippen LogP contribution in [0.5, 0.6) is 5.75 Å². The minimum Gasteiger partial charge on any atom is -0.495 e. The van der Waals surface area contributed by atoms with Gasteiger partial charge in [-0.15, -0.1) is 0 Å². The van der Waals surface area contributed by atoms with Crippen molar-refractivity contribution in [2.75, 3.05) is 29.0 Å². The molecule has 3 rings (SSSR count). The monoisotopic (exact) mass is 386 g/mol. The Kier molecular flexibility index (Phi) is 5.51. The number of ether oxygens (including phenoxy) is 1. The Labute approximate surface area is 159 Å². The van der Waals surface area contributed by atoms with E-state index < -0.39 is 10.0 Å². The number of sulfonamides is 1. The zero-order valence-corrected chi connectivity index (χ0v) is 16.1. The molecule has 7 heteroatoms. The third-order valence-corrected chi connectivity index (χ3v) is 6.23. The van der Waals surface area contributed by atoms with Crippen molar-refractivity contribution in [1.29, 1.82) is 0 Å². The molecule has 0 atom stereocenters. The van der Waals surface area contributed by atoms with Crippen LogP contribution in [0.1, 0.15) is 18.9 Å². The second-order valence-corrected chi connectivity index (χ2v) is 8.33. The number of rotatable bonds is 5. The van der Waals surface area contributed by atoms with Gasteiger partial charge in [0.05, 0.1) is 24.2 Å². The number of methoxy groups -OCH3 is 1. The van der Waals surface area contributed by atoms with Crippen molar-refractivity contribution in [3.63, 3.8) is 0 Å². The van der Waals surface area contributed by atoms with Gasteiger partial charge >= 0.3 is 0 Å². The maximum absolute atomic E-state index is 12.6. The third-order valence-electron chi connectivity index (χ3n) is 4.36. The van der Waals surface area contributed by atoms with Crippen LogP contribution in [0.25, 0.3) is 6.08 Å². The molecule has 142 valence electrons. The Morgan fingerprint density at radius 3 is 2.56 bits per heavy atom. The summed E-state index contributed by atoms with van der Waals surface area (Å²) in [5.41, 5.74) is 2.41. The molecule has 0 radical (unpaired) electrons. The molecule has 0 aliphatic carbocycles. The van der Waals surface area contributed by atoms with E-state index >= 15 is 0 Å². The molecule has 6 nitrogen and oxygen atoms in total. The molecule has 0 unspecified atom stereocenters. The minimum atomic E-state index is -3.29. The van der Waals surface area contributed by atoms with Gasteiger partial charge in [-0.1, -0.05) is 30.3 Å². The van der Waals surface area contributed by atoms with E-state index in [4.69, 9.17) is 4.74 Å². The molecule has 0 bridgehead atoms. The number of hydrogen-bond donors (Lipinski definition) is 1. The zero-order chi connectivity index (χ0) is 19.4. The molecule has 1 amide bonds. The molecule has 27 heavy (non-hydrogen) atoms. The van der Waals surface area contributed by atoms with Crippen LogP contribution in [0, 0.1) is 0 Å². The summed E-state index contributed by atoms with van der Waals surface area (Å²) in [5.74, 6) is 0.328. The lowest BCUT2D eigenvalue weighted by atomic mass is 10.1. The first kappa shape index (κ1) is 19.0. The molecule has 1 aliphatic rings. The number of amides is 1. The van der Waals surface area contributed by atoms with Gasteiger partial charge in [-0.05, 0) is 43.2 Å². The summed E-state index contributed by atoms with van der Waals surface area (Å²) in [7, 11) is -1.79. The largest absolute Gasteiger partial charge is 0.495 e. The maximum atomic E-state index is 12.6. The quantitative estimate of drug-likeness (QED) is 0.800. The van der Waals surface area contributed by atoms with Crippen molar-refractivity contribution in [2.24, 2.45) is 0 Å². The van der Waals surface area contributed by atoms with Gasteiger partial charge in [0.1, 0.15) is 5.75 Å². The van der Waals surface area contributed by atoms with E-state index in [0.717, 1.165) is 5.56 Å². The number of anilines is 2. The molecule has 2 aromatic rings. The summed E-state index contributed by atoms with van der Waals surface area (Å²) >= 11 is 0. The SMILES string of the molecule is COc1ccc(N2CCCS2(=O)=O)cc1NC(=O)/C(C)=C/c1ccccc1. The summed E-state index contributed by atoms with van der Waals surface area (Å²) in [4.78, 5) is 12.6. The van der Waals surface area contributed by atoms with Crippen LogP contribution in [0.3, 0.4) is 0 Å². The molecule has 1 fully saturated rings. The van der Waals surface area contributed by atoms with Crippen LogP contribution >= 0.6 is 0 Å². The number of nitrogens with one attached hydrogen (secondary N) is 1. The van der Waals surface area contributed by atoms with E-state index in [2.05, 4.69) is 5.32 Å². The summed E-state index contributed by atoms with van der Waals surface area (Å²) in [6.45, 7) is 2.17. The van der Waals surface area contributed by atoms with Crippen LogP contribution in [-0.2, 0) is 14.8 Å². The second-order valence-electron chi connectivity index (χ2n) is 6.32. The van der Waals surface area contributed by atoms with Crippen molar-refractivity contribution < 1.29 is 17.9 Å². The molecule has 0 saturated carbocycles.